The van der Waals surface area contributed by atoms with Crippen LogP contribution < -0.4 is 5.73 Å². The predicted octanol–water partition coefficient (Wildman–Crippen LogP) is 3.29. The van der Waals surface area contributed by atoms with E-state index in [1.54, 1.807) is 0 Å². The molecule has 3 rings (SSSR count). The van der Waals surface area contributed by atoms with Crippen molar-refractivity contribution in [1.82, 2.24) is 4.90 Å². The minimum absolute atomic E-state index is 0.275. The summed E-state index contributed by atoms with van der Waals surface area (Å²) in [5, 5.41) is 0.796. The highest BCUT2D eigenvalue weighted by molar-refractivity contribution is 6.30. The monoisotopic (exact) mass is 308 g/mol. The first-order valence-corrected chi connectivity index (χ1v) is 8.42. The summed E-state index contributed by atoms with van der Waals surface area (Å²) in [5.41, 5.74) is 8.70. The molecule has 4 heteroatoms. The number of nitrogens with two attached hydrogens (primary N) is 1. The van der Waals surface area contributed by atoms with Crippen LogP contribution in [0.15, 0.2) is 18.2 Å². The second-order valence-electron chi connectivity index (χ2n) is 6.25. The zero-order valence-electron chi connectivity index (χ0n) is 12.7. The maximum atomic E-state index is 6.15. The standard InChI is InChI=1S/C17H25ClN2O/c1-12-10-13(18)6-7-14(12)16(11-19)20-8-9-21-17-5-3-2-4-15(17)20/h6-7,10,15-17H,2-5,8-9,11,19H2,1H3. The van der Waals surface area contributed by atoms with E-state index in [4.69, 9.17) is 22.1 Å². The fraction of sp³-hybridized carbons (Fsp3) is 0.647. The summed E-state index contributed by atoms with van der Waals surface area (Å²) in [5.74, 6) is 0. The number of fused-ring (bicyclic) bond motifs is 1. The molecule has 1 heterocycles. The predicted molar refractivity (Wildman–Crippen MR) is 86.7 cm³/mol. The van der Waals surface area contributed by atoms with Gasteiger partial charge in [0.1, 0.15) is 0 Å². The minimum atomic E-state index is 0.275. The maximum absolute atomic E-state index is 6.15. The Kier molecular flexibility index (Phi) is 4.85. The first-order chi connectivity index (χ1) is 10.2. The van der Waals surface area contributed by atoms with Crippen LogP contribution in [0, 0.1) is 6.92 Å². The number of nitrogens with zero attached hydrogens (tertiary/aromatic N) is 1. The molecule has 1 saturated carbocycles. The Morgan fingerprint density at radius 2 is 2.19 bits per heavy atom. The van der Waals surface area contributed by atoms with Crippen LogP contribution in [0.1, 0.15) is 42.9 Å². The van der Waals surface area contributed by atoms with Crippen LogP contribution in [0.4, 0.5) is 0 Å². The van der Waals surface area contributed by atoms with Gasteiger partial charge in [-0.25, -0.2) is 0 Å². The second kappa shape index (κ2) is 6.66. The smallest absolute Gasteiger partial charge is 0.0731 e. The van der Waals surface area contributed by atoms with E-state index in [1.165, 1.54) is 36.8 Å². The average molecular weight is 309 g/mol. The summed E-state index contributed by atoms with van der Waals surface area (Å²) >= 11 is 6.10. The third kappa shape index (κ3) is 3.11. The fourth-order valence-corrected chi connectivity index (χ4v) is 4.19. The van der Waals surface area contributed by atoms with Crippen LogP contribution >= 0.6 is 11.6 Å². The lowest BCUT2D eigenvalue weighted by Gasteiger charge is -2.47. The van der Waals surface area contributed by atoms with Crippen LogP contribution in [-0.4, -0.2) is 36.7 Å². The molecule has 2 aliphatic rings. The molecule has 0 spiro atoms. The Bertz CT molecular complexity index is 492. The Labute approximate surface area is 132 Å². The molecule has 0 amide bonds. The summed E-state index contributed by atoms with van der Waals surface area (Å²) in [6, 6.07) is 6.96. The molecule has 3 nitrogen and oxygen atoms in total. The van der Waals surface area contributed by atoms with Crippen molar-refractivity contribution in [2.45, 2.75) is 50.8 Å². The summed E-state index contributed by atoms with van der Waals surface area (Å²) in [6.07, 6.45) is 5.42. The van der Waals surface area contributed by atoms with Crippen molar-refractivity contribution in [1.29, 1.82) is 0 Å². The van der Waals surface area contributed by atoms with Gasteiger partial charge in [0.25, 0.3) is 0 Å². The van der Waals surface area contributed by atoms with Gasteiger partial charge in [-0.15, -0.1) is 0 Å². The highest BCUT2D eigenvalue weighted by Gasteiger charge is 2.37. The molecule has 1 saturated heterocycles. The van der Waals surface area contributed by atoms with E-state index in [0.29, 0.717) is 18.7 Å². The lowest BCUT2D eigenvalue weighted by Crippen LogP contribution is -2.55. The average Bonchev–Trinajstić information content (AvgIpc) is 2.50. The summed E-state index contributed by atoms with van der Waals surface area (Å²) in [6.45, 7) is 4.57. The van der Waals surface area contributed by atoms with Crippen LogP contribution in [-0.2, 0) is 4.74 Å². The molecule has 1 aromatic rings. The van der Waals surface area contributed by atoms with Gasteiger partial charge in [0.2, 0.25) is 0 Å². The van der Waals surface area contributed by atoms with Gasteiger partial charge in [0.05, 0.1) is 12.7 Å². The van der Waals surface area contributed by atoms with Crippen molar-refractivity contribution in [3.8, 4) is 0 Å². The maximum Gasteiger partial charge on any atom is 0.0731 e. The largest absolute Gasteiger partial charge is 0.375 e. The molecular weight excluding hydrogens is 284 g/mol. The first-order valence-electron chi connectivity index (χ1n) is 8.04. The van der Waals surface area contributed by atoms with Gasteiger partial charge in [0.15, 0.2) is 0 Å². The third-order valence-corrected chi connectivity index (χ3v) is 5.22. The van der Waals surface area contributed by atoms with Crippen LogP contribution in [0.5, 0.6) is 0 Å². The van der Waals surface area contributed by atoms with E-state index >= 15 is 0 Å². The molecule has 3 unspecified atom stereocenters. The van der Waals surface area contributed by atoms with Gasteiger partial charge in [-0.3, -0.25) is 4.90 Å². The molecule has 2 fully saturated rings. The molecule has 0 bridgehead atoms. The van der Waals surface area contributed by atoms with Gasteiger partial charge in [-0.2, -0.15) is 0 Å². The molecule has 116 valence electrons. The van der Waals surface area contributed by atoms with Crippen molar-refractivity contribution >= 4 is 11.6 Å². The number of benzene rings is 1. The van der Waals surface area contributed by atoms with Crippen molar-refractivity contribution in [2.24, 2.45) is 5.73 Å². The number of hydrogen-bond donors (Lipinski definition) is 1. The number of ether oxygens (including phenoxy) is 1. The van der Waals surface area contributed by atoms with Crippen LogP contribution in [0.25, 0.3) is 0 Å². The minimum Gasteiger partial charge on any atom is -0.375 e. The molecule has 3 atom stereocenters. The van der Waals surface area contributed by atoms with Crippen molar-refractivity contribution in [3.63, 3.8) is 0 Å². The Morgan fingerprint density at radius 3 is 2.95 bits per heavy atom. The van der Waals surface area contributed by atoms with E-state index in [0.717, 1.165) is 18.2 Å². The summed E-state index contributed by atoms with van der Waals surface area (Å²) in [4.78, 5) is 2.59. The molecule has 1 aliphatic carbocycles. The van der Waals surface area contributed by atoms with E-state index in [-0.39, 0.29) is 6.04 Å². The fourth-order valence-electron chi connectivity index (χ4n) is 3.97. The lowest BCUT2D eigenvalue weighted by atomic mass is 9.87. The number of halogens is 1. The number of hydrogen-bond acceptors (Lipinski definition) is 3. The first kappa shape index (κ1) is 15.3. The zero-order chi connectivity index (χ0) is 14.8. The second-order valence-corrected chi connectivity index (χ2v) is 6.69. The van der Waals surface area contributed by atoms with Gasteiger partial charge in [0, 0.05) is 30.2 Å². The third-order valence-electron chi connectivity index (χ3n) is 4.99. The normalized spacial score (nSPS) is 28.1. The molecule has 1 aromatic carbocycles. The summed E-state index contributed by atoms with van der Waals surface area (Å²) < 4.78 is 5.99. The number of aryl methyl sites for hydroxylation is 1. The molecule has 1 aliphatic heterocycles. The molecule has 0 radical (unpaired) electrons. The molecule has 21 heavy (non-hydrogen) atoms. The van der Waals surface area contributed by atoms with Gasteiger partial charge in [-0.1, -0.05) is 30.5 Å². The van der Waals surface area contributed by atoms with Crippen LogP contribution in [0.3, 0.4) is 0 Å². The SMILES string of the molecule is Cc1cc(Cl)ccc1C(CN)N1CCOC2CCCCC21. The Hall–Kier alpha value is -0.610. The van der Waals surface area contributed by atoms with Crippen molar-refractivity contribution in [3.05, 3.63) is 34.3 Å². The van der Waals surface area contributed by atoms with E-state index < -0.39 is 0 Å². The number of morpholine rings is 1. The molecule has 0 aromatic heterocycles. The van der Waals surface area contributed by atoms with E-state index in [2.05, 4.69) is 17.9 Å². The lowest BCUT2D eigenvalue weighted by molar-refractivity contribution is -0.102. The molecule has 2 N–H and O–H groups in total. The van der Waals surface area contributed by atoms with Gasteiger partial charge < -0.3 is 10.5 Å². The number of rotatable bonds is 3. The van der Waals surface area contributed by atoms with E-state index in [1.807, 2.05) is 12.1 Å². The van der Waals surface area contributed by atoms with Crippen LogP contribution in [0.2, 0.25) is 5.02 Å². The quantitative estimate of drug-likeness (QED) is 0.931. The molecular formula is C17H25ClN2O. The topological polar surface area (TPSA) is 38.5 Å². The highest BCUT2D eigenvalue weighted by Crippen LogP contribution is 2.35. The van der Waals surface area contributed by atoms with E-state index in [9.17, 15) is 0 Å². The van der Waals surface area contributed by atoms with Gasteiger partial charge in [-0.05, 0) is 43.0 Å². The Balaban J connectivity index is 1.87. The zero-order valence-corrected chi connectivity index (χ0v) is 13.5. The van der Waals surface area contributed by atoms with Crippen molar-refractivity contribution < 1.29 is 4.74 Å². The van der Waals surface area contributed by atoms with Gasteiger partial charge >= 0.3 is 0 Å². The van der Waals surface area contributed by atoms with Crippen molar-refractivity contribution in [2.75, 3.05) is 19.7 Å². The highest BCUT2D eigenvalue weighted by atomic mass is 35.5. The Morgan fingerprint density at radius 1 is 1.38 bits per heavy atom. The summed E-state index contributed by atoms with van der Waals surface area (Å²) in [7, 11) is 0.